The number of hydrogen-bond acceptors (Lipinski definition) is 5. The van der Waals surface area contributed by atoms with Crippen molar-refractivity contribution in [2.75, 3.05) is 13.2 Å². The van der Waals surface area contributed by atoms with Crippen molar-refractivity contribution >= 4 is 23.2 Å². The maximum absolute atomic E-state index is 12.6. The molecule has 1 amide bonds. The third-order valence-corrected chi connectivity index (χ3v) is 5.34. The van der Waals surface area contributed by atoms with Crippen molar-refractivity contribution < 1.29 is 19.4 Å². The molecule has 138 valence electrons. The van der Waals surface area contributed by atoms with Crippen molar-refractivity contribution in [2.45, 2.75) is 38.6 Å². The van der Waals surface area contributed by atoms with Gasteiger partial charge in [-0.2, -0.15) is 0 Å². The van der Waals surface area contributed by atoms with Crippen LogP contribution < -0.4 is 4.74 Å². The summed E-state index contributed by atoms with van der Waals surface area (Å²) >= 11 is 1.48. The third kappa shape index (κ3) is 4.22. The highest BCUT2D eigenvalue weighted by Gasteiger charge is 2.32. The largest absolute Gasteiger partial charge is 0.494 e. The first kappa shape index (κ1) is 18.4. The van der Waals surface area contributed by atoms with E-state index in [9.17, 15) is 14.7 Å². The summed E-state index contributed by atoms with van der Waals surface area (Å²) < 4.78 is 5.44. The molecule has 1 atom stereocenters. The average Bonchev–Trinajstić information content (AvgIpc) is 3.11. The zero-order valence-electron chi connectivity index (χ0n) is 14.7. The molecule has 1 aromatic carbocycles. The number of rotatable bonds is 6. The Morgan fingerprint density at radius 3 is 2.77 bits per heavy atom. The SMILES string of the molecule is CCOc1ccc(-c2nc(CC(=O)N3CCCCC3C(=O)O)cs2)cc1. The molecule has 26 heavy (non-hydrogen) atoms. The average molecular weight is 374 g/mol. The van der Waals surface area contributed by atoms with Gasteiger partial charge < -0.3 is 14.7 Å². The molecule has 1 unspecified atom stereocenters. The minimum atomic E-state index is -0.925. The first-order chi connectivity index (χ1) is 12.6. The fourth-order valence-electron chi connectivity index (χ4n) is 3.12. The molecule has 1 saturated heterocycles. The predicted octanol–water partition coefficient (Wildman–Crippen LogP) is 3.22. The van der Waals surface area contributed by atoms with Crippen molar-refractivity contribution in [1.29, 1.82) is 0 Å². The maximum Gasteiger partial charge on any atom is 0.326 e. The molecular formula is C19H22N2O4S. The zero-order chi connectivity index (χ0) is 18.5. The molecule has 0 spiro atoms. The fourth-order valence-corrected chi connectivity index (χ4v) is 3.95. The number of aliphatic carboxylic acids is 1. The minimum absolute atomic E-state index is 0.136. The van der Waals surface area contributed by atoms with E-state index >= 15 is 0 Å². The summed E-state index contributed by atoms with van der Waals surface area (Å²) in [4.78, 5) is 30.0. The van der Waals surface area contributed by atoms with E-state index in [2.05, 4.69) is 4.98 Å². The van der Waals surface area contributed by atoms with E-state index < -0.39 is 12.0 Å². The molecule has 0 aliphatic carbocycles. The van der Waals surface area contributed by atoms with Crippen LogP contribution in [0.1, 0.15) is 31.9 Å². The van der Waals surface area contributed by atoms with Gasteiger partial charge in [-0.05, 0) is 50.5 Å². The number of benzene rings is 1. The molecular weight excluding hydrogens is 352 g/mol. The Bertz CT molecular complexity index is 772. The van der Waals surface area contributed by atoms with Crippen LogP contribution in [0.5, 0.6) is 5.75 Å². The molecule has 0 saturated carbocycles. The van der Waals surface area contributed by atoms with Gasteiger partial charge >= 0.3 is 5.97 Å². The number of carboxylic acid groups (broad SMARTS) is 1. The number of carboxylic acids is 1. The molecule has 7 heteroatoms. The Labute approximate surface area is 156 Å². The van der Waals surface area contributed by atoms with E-state index in [1.54, 1.807) is 0 Å². The van der Waals surface area contributed by atoms with E-state index in [1.165, 1.54) is 16.2 Å². The summed E-state index contributed by atoms with van der Waals surface area (Å²) in [7, 11) is 0. The van der Waals surface area contributed by atoms with Crippen LogP contribution in [0.2, 0.25) is 0 Å². The number of thiazole rings is 1. The third-order valence-electron chi connectivity index (χ3n) is 4.40. The molecule has 0 bridgehead atoms. The lowest BCUT2D eigenvalue weighted by Crippen LogP contribution is -2.48. The van der Waals surface area contributed by atoms with E-state index in [0.717, 1.165) is 29.2 Å². The first-order valence-corrected chi connectivity index (χ1v) is 9.66. The van der Waals surface area contributed by atoms with Gasteiger partial charge in [-0.15, -0.1) is 11.3 Å². The maximum atomic E-state index is 12.6. The topological polar surface area (TPSA) is 79.7 Å². The molecule has 2 aromatic rings. The molecule has 1 aliphatic rings. The Hall–Kier alpha value is -2.41. The number of likely N-dealkylation sites (tertiary alicyclic amines) is 1. The summed E-state index contributed by atoms with van der Waals surface area (Å²) in [6.45, 7) is 3.07. The van der Waals surface area contributed by atoms with Gasteiger partial charge in [0.2, 0.25) is 5.91 Å². The van der Waals surface area contributed by atoms with Gasteiger partial charge in [0.1, 0.15) is 16.8 Å². The Morgan fingerprint density at radius 2 is 2.08 bits per heavy atom. The molecule has 6 nitrogen and oxygen atoms in total. The van der Waals surface area contributed by atoms with Gasteiger partial charge in [0.15, 0.2) is 0 Å². The second-order valence-corrected chi connectivity index (χ2v) is 7.07. The number of nitrogens with zero attached hydrogens (tertiary/aromatic N) is 2. The monoisotopic (exact) mass is 374 g/mol. The van der Waals surface area contributed by atoms with Gasteiger partial charge in [0.05, 0.1) is 18.7 Å². The second-order valence-electron chi connectivity index (χ2n) is 6.22. The number of aromatic nitrogens is 1. The Balaban J connectivity index is 1.67. The van der Waals surface area contributed by atoms with Crippen LogP contribution >= 0.6 is 11.3 Å². The molecule has 1 N–H and O–H groups in total. The van der Waals surface area contributed by atoms with Gasteiger partial charge in [0.25, 0.3) is 0 Å². The Kier molecular flexibility index (Phi) is 5.88. The number of ether oxygens (including phenoxy) is 1. The number of hydrogen-bond donors (Lipinski definition) is 1. The number of piperidine rings is 1. The predicted molar refractivity (Wildman–Crippen MR) is 99.4 cm³/mol. The zero-order valence-corrected chi connectivity index (χ0v) is 15.5. The smallest absolute Gasteiger partial charge is 0.326 e. The van der Waals surface area contributed by atoms with Crippen LogP contribution in [0, 0.1) is 0 Å². The van der Waals surface area contributed by atoms with E-state index in [4.69, 9.17) is 4.74 Å². The fraction of sp³-hybridized carbons (Fsp3) is 0.421. The lowest BCUT2D eigenvalue weighted by Gasteiger charge is -2.32. The van der Waals surface area contributed by atoms with Crippen molar-refractivity contribution in [1.82, 2.24) is 9.88 Å². The number of carbonyl (C=O) groups is 2. The van der Waals surface area contributed by atoms with Gasteiger partial charge in [-0.1, -0.05) is 0 Å². The van der Waals surface area contributed by atoms with Crippen LogP contribution in [0.3, 0.4) is 0 Å². The lowest BCUT2D eigenvalue weighted by molar-refractivity contribution is -0.151. The van der Waals surface area contributed by atoms with Gasteiger partial charge in [-0.25, -0.2) is 9.78 Å². The summed E-state index contributed by atoms with van der Waals surface area (Å²) in [6, 6.07) is 6.98. The highest BCUT2D eigenvalue weighted by molar-refractivity contribution is 7.13. The standard InChI is InChI=1S/C19H22N2O4S/c1-2-25-15-8-6-13(7-9-15)18-20-14(12-26-18)11-17(22)21-10-4-3-5-16(21)19(23)24/h6-9,12,16H,2-5,10-11H2,1H3,(H,23,24). The highest BCUT2D eigenvalue weighted by atomic mass is 32.1. The molecule has 1 aromatic heterocycles. The molecule has 3 rings (SSSR count). The van der Waals surface area contributed by atoms with E-state index in [-0.39, 0.29) is 12.3 Å². The lowest BCUT2D eigenvalue weighted by atomic mass is 10.0. The summed E-state index contributed by atoms with van der Waals surface area (Å²) in [6.07, 6.45) is 2.36. The summed E-state index contributed by atoms with van der Waals surface area (Å²) in [5.74, 6) is -0.278. The molecule has 0 radical (unpaired) electrons. The second kappa shape index (κ2) is 8.31. The highest BCUT2D eigenvalue weighted by Crippen LogP contribution is 2.26. The normalized spacial score (nSPS) is 17.1. The van der Waals surface area contributed by atoms with Gasteiger partial charge in [-0.3, -0.25) is 4.79 Å². The molecule has 2 heterocycles. The first-order valence-electron chi connectivity index (χ1n) is 8.78. The number of carbonyl (C=O) groups excluding carboxylic acids is 1. The van der Waals surface area contributed by atoms with Crippen LogP contribution in [-0.4, -0.2) is 46.1 Å². The van der Waals surface area contributed by atoms with Crippen LogP contribution in [0.4, 0.5) is 0 Å². The minimum Gasteiger partial charge on any atom is -0.494 e. The van der Waals surface area contributed by atoms with E-state index in [1.807, 2.05) is 36.6 Å². The van der Waals surface area contributed by atoms with Gasteiger partial charge in [0, 0.05) is 17.5 Å². The van der Waals surface area contributed by atoms with Crippen LogP contribution in [-0.2, 0) is 16.0 Å². The van der Waals surface area contributed by atoms with Crippen LogP contribution in [0.15, 0.2) is 29.6 Å². The van der Waals surface area contributed by atoms with Crippen molar-refractivity contribution in [3.8, 4) is 16.3 Å². The Morgan fingerprint density at radius 1 is 1.31 bits per heavy atom. The quantitative estimate of drug-likeness (QED) is 0.840. The van der Waals surface area contributed by atoms with Crippen molar-refractivity contribution in [2.24, 2.45) is 0 Å². The number of amides is 1. The van der Waals surface area contributed by atoms with E-state index in [0.29, 0.717) is 25.3 Å². The summed E-state index contributed by atoms with van der Waals surface area (Å²) in [5.41, 5.74) is 1.65. The molecule has 1 fully saturated rings. The van der Waals surface area contributed by atoms with Crippen molar-refractivity contribution in [3.63, 3.8) is 0 Å². The van der Waals surface area contributed by atoms with Crippen molar-refractivity contribution in [3.05, 3.63) is 35.3 Å². The molecule has 1 aliphatic heterocycles. The van der Waals surface area contributed by atoms with Crippen LogP contribution in [0.25, 0.3) is 10.6 Å². The summed E-state index contributed by atoms with van der Waals surface area (Å²) in [5, 5.41) is 12.0.